The molecule has 11 atom stereocenters. The molecule has 6 heteroatoms. The maximum atomic E-state index is 15.0. The first-order valence-corrected chi connectivity index (χ1v) is 13.2. The average molecular weight is 481 g/mol. The lowest BCUT2D eigenvalue weighted by atomic mass is 9.44. The second-order valence-corrected chi connectivity index (χ2v) is 12.0. The quantitative estimate of drug-likeness (QED) is 0.446. The van der Waals surface area contributed by atoms with Gasteiger partial charge in [0.15, 0.2) is 6.10 Å². The fourth-order valence-electron chi connectivity index (χ4n) is 9.13. The van der Waals surface area contributed by atoms with Crippen molar-refractivity contribution in [2.24, 2.45) is 46.3 Å². The molecule has 4 aliphatic carbocycles. The Morgan fingerprint density at radius 3 is 2.44 bits per heavy atom. The number of methoxy groups -OCH3 is 4. The maximum Gasteiger partial charge on any atom is 0.334 e. The molecule has 0 bridgehead atoms. The molecule has 194 valence electrons. The number of rotatable bonds is 7. The smallest absolute Gasteiger partial charge is 0.334 e. The molecular formula is C28H45FO5. The van der Waals surface area contributed by atoms with Gasteiger partial charge in [0.25, 0.3) is 0 Å². The van der Waals surface area contributed by atoms with Crippen LogP contribution in [-0.4, -0.2) is 52.7 Å². The van der Waals surface area contributed by atoms with Gasteiger partial charge in [-0.25, -0.2) is 9.18 Å². The first kappa shape index (κ1) is 26.1. The highest BCUT2D eigenvalue weighted by Gasteiger charge is 2.63. The summed E-state index contributed by atoms with van der Waals surface area (Å²) in [6, 6.07) is 0. The number of allylic oxidation sites excluding steroid dienone is 1. The summed E-state index contributed by atoms with van der Waals surface area (Å²) in [4.78, 5) is 12.2. The number of ether oxygens (including phenoxy) is 4. The number of carbonyl (C=O) groups is 1. The third-order valence-electron chi connectivity index (χ3n) is 10.9. The fourth-order valence-corrected chi connectivity index (χ4v) is 9.13. The van der Waals surface area contributed by atoms with Crippen LogP contribution >= 0.6 is 0 Å². The molecule has 0 aromatic rings. The Balaban J connectivity index is 1.60. The van der Waals surface area contributed by atoms with Crippen LogP contribution in [0.25, 0.3) is 0 Å². The van der Waals surface area contributed by atoms with E-state index in [1.807, 2.05) is 13.2 Å². The third kappa shape index (κ3) is 4.06. The lowest BCUT2D eigenvalue weighted by molar-refractivity contribution is -0.161. The van der Waals surface area contributed by atoms with Crippen LogP contribution < -0.4 is 0 Å². The van der Waals surface area contributed by atoms with Gasteiger partial charge in [0.2, 0.25) is 0 Å². The Hall–Kier alpha value is -0.980. The summed E-state index contributed by atoms with van der Waals surface area (Å²) in [6.07, 6.45) is 8.18. The van der Waals surface area contributed by atoms with Gasteiger partial charge in [-0.3, -0.25) is 0 Å². The standard InChI is InChI=1S/C28H45FO5/c1-16(12-24(33-6)26(30)34-7)18-8-9-19-25-20(10-11-27(18,19)2)28(3)15-21(29)22(31-4)13-17(28)14-23(25)32-5/h15-20,22-25H,8-14H2,1-7H3/t16-,17+,18-,19+,20+,22-,23+,24?,25+,27-,28+/m1/s1. The van der Waals surface area contributed by atoms with Crippen molar-refractivity contribution in [3.63, 3.8) is 0 Å². The molecule has 3 fully saturated rings. The van der Waals surface area contributed by atoms with Crippen LogP contribution in [-0.2, 0) is 23.7 Å². The van der Waals surface area contributed by atoms with Crippen LogP contribution in [0, 0.1) is 46.3 Å². The summed E-state index contributed by atoms with van der Waals surface area (Å²) >= 11 is 0. The fraction of sp³-hybridized carbons (Fsp3) is 0.893. The van der Waals surface area contributed by atoms with Gasteiger partial charge in [-0.2, -0.15) is 0 Å². The topological polar surface area (TPSA) is 54.0 Å². The van der Waals surface area contributed by atoms with Gasteiger partial charge in [0, 0.05) is 21.3 Å². The van der Waals surface area contributed by atoms with Crippen LogP contribution in [0.2, 0.25) is 0 Å². The van der Waals surface area contributed by atoms with E-state index in [4.69, 9.17) is 18.9 Å². The van der Waals surface area contributed by atoms with Crippen molar-refractivity contribution < 1.29 is 28.1 Å². The molecule has 0 radical (unpaired) electrons. The molecule has 0 amide bonds. The second kappa shape index (κ2) is 9.82. The van der Waals surface area contributed by atoms with Crippen molar-refractivity contribution in [3.8, 4) is 0 Å². The Labute approximate surface area is 205 Å². The van der Waals surface area contributed by atoms with E-state index in [1.165, 1.54) is 13.5 Å². The van der Waals surface area contributed by atoms with E-state index in [9.17, 15) is 4.79 Å². The molecule has 1 unspecified atom stereocenters. The van der Waals surface area contributed by atoms with E-state index in [-0.39, 0.29) is 28.7 Å². The predicted molar refractivity (Wildman–Crippen MR) is 129 cm³/mol. The molecule has 0 aromatic heterocycles. The predicted octanol–water partition coefficient (Wildman–Crippen LogP) is 5.57. The minimum atomic E-state index is -0.510. The molecule has 4 aliphatic rings. The minimum absolute atomic E-state index is 0.0875. The summed E-state index contributed by atoms with van der Waals surface area (Å²) in [5.74, 6) is 2.30. The van der Waals surface area contributed by atoms with E-state index < -0.39 is 12.2 Å². The second-order valence-electron chi connectivity index (χ2n) is 12.0. The number of halogens is 1. The maximum absolute atomic E-state index is 15.0. The first-order chi connectivity index (χ1) is 16.1. The molecule has 0 heterocycles. The zero-order valence-corrected chi connectivity index (χ0v) is 22.1. The number of fused-ring (bicyclic) bond motifs is 5. The lowest BCUT2D eigenvalue weighted by Crippen LogP contribution is -2.58. The molecule has 0 saturated heterocycles. The van der Waals surface area contributed by atoms with Gasteiger partial charge < -0.3 is 18.9 Å². The van der Waals surface area contributed by atoms with E-state index in [2.05, 4.69) is 20.8 Å². The number of hydrogen-bond acceptors (Lipinski definition) is 5. The van der Waals surface area contributed by atoms with Gasteiger partial charge >= 0.3 is 5.97 Å². The summed E-state index contributed by atoms with van der Waals surface area (Å²) in [5.41, 5.74) is 0.0524. The Morgan fingerprint density at radius 2 is 1.82 bits per heavy atom. The summed E-state index contributed by atoms with van der Waals surface area (Å²) in [7, 11) is 6.48. The average Bonchev–Trinajstić information content (AvgIpc) is 3.18. The summed E-state index contributed by atoms with van der Waals surface area (Å²) in [5, 5.41) is 0. The van der Waals surface area contributed by atoms with Gasteiger partial charge in [0.05, 0.1) is 13.2 Å². The summed E-state index contributed by atoms with van der Waals surface area (Å²) in [6.45, 7) is 7.04. The molecule has 0 aliphatic heterocycles. The molecule has 0 aromatic carbocycles. The molecule has 34 heavy (non-hydrogen) atoms. The highest BCUT2D eigenvalue weighted by molar-refractivity contribution is 5.74. The monoisotopic (exact) mass is 480 g/mol. The van der Waals surface area contributed by atoms with Crippen LogP contribution in [0.1, 0.15) is 65.7 Å². The van der Waals surface area contributed by atoms with Crippen LogP contribution in [0.4, 0.5) is 4.39 Å². The van der Waals surface area contributed by atoms with Crippen molar-refractivity contribution in [2.45, 2.75) is 84.0 Å². The summed E-state index contributed by atoms with van der Waals surface area (Å²) < 4.78 is 37.1. The van der Waals surface area contributed by atoms with Crippen molar-refractivity contribution in [2.75, 3.05) is 28.4 Å². The van der Waals surface area contributed by atoms with Gasteiger partial charge in [-0.05, 0) is 97.4 Å². The van der Waals surface area contributed by atoms with Crippen molar-refractivity contribution >= 4 is 5.97 Å². The van der Waals surface area contributed by atoms with E-state index in [0.29, 0.717) is 41.9 Å². The largest absolute Gasteiger partial charge is 0.467 e. The molecule has 0 N–H and O–H groups in total. The molecule has 4 rings (SSSR count). The van der Waals surface area contributed by atoms with Gasteiger partial charge in [-0.1, -0.05) is 20.8 Å². The highest BCUT2D eigenvalue weighted by atomic mass is 19.1. The molecular weight excluding hydrogens is 435 g/mol. The Kier molecular flexibility index (Phi) is 7.53. The number of carbonyl (C=O) groups excluding carboxylic acids is 1. The Morgan fingerprint density at radius 1 is 1.09 bits per heavy atom. The normalized spacial score (nSPS) is 45.4. The SMILES string of the molecule is COC(=O)C(C[C@@H](C)[C@H]1CC[C@H]2[C@@H]3[C@@H](OC)C[C@@H]4C[C@@H](OC)C(F)=C[C@]4(C)[C@H]3CC[C@]12C)OC. The number of hydrogen-bond donors (Lipinski definition) is 0. The van der Waals surface area contributed by atoms with Crippen molar-refractivity contribution in [3.05, 3.63) is 11.9 Å². The van der Waals surface area contributed by atoms with E-state index >= 15 is 4.39 Å². The van der Waals surface area contributed by atoms with Crippen LogP contribution in [0.5, 0.6) is 0 Å². The zero-order chi connectivity index (χ0) is 24.8. The highest BCUT2D eigenvalue weighted by Crippen LogP contribution is 2.68. The minimum Gasteiger partial charge on any atom is -0.467 e. The van der Waals surface area contributed by atoms with Gasteiger partial charge in [0.1, 0.15) is 11.9 Å². The van der Waals surface area contributed by atoms with Crippen molar-refractivity contribution in [1.29, 1.82) is 0 Å². The van der Waals surface area contributed by atoms with Gasteiger partial charge in [-0.15, -0.1) is 0 Å². The number of esters is 1. The van der Waals surface area contributed by atoms with Crippen LogP contribution in [0.3, 0.4) is 0 Å². The van der Waals surface area contributed by atoms with Crippen molar-refractivity contribution in [1.82, 2.24) is 0 Å². The molecule has 0 spiro atoms. The zero-order valence-electron chi connectivity index (χ0n) is 22.1. The first-order valence-electron chi connectivity index (χ1n) is 13.2. The molecule has 5 nitrogen and oxygen atoms in total. The van der Waals surface area contributed by atoms with E-state index in [1.54, 1.807) is 14.2 Å². The lowest BCUT2D eigenvalue weighted by Gasteiger charge is -2.61. The Bertz CT molecular complexity index is 785. The van der Waals surface area contributed by atoms with Crippen LogP contribution in [0.15, 0.2) is 11.9 Å². The van der Waals surface area contributed by atoms with E-state index in [0.717, 1.165) is 32.1 Å². The molecule has 3 saturated carbocycles. The third-order valence-corrected chi connectivity index (χ3v) is 10.9.